The maximum absolute atomic E-state index is 15.1. The minimum Gasteiger partial charge on any atom is -0.478 e. The molecular formula is C26H24Cl2FNO4S. The topological polar surface area (TPSA) is 76.5 Å². The van der Waals surface area contributed by atoms with E-state index in [1.807, 2.05) is 6.92 Å². The second-order valence-corrected chi connectivity index (χ2v) is 9.52. The number of ketones is 1. The number of carboxylic acids is 1. The number of nitrogens with zero attached hydrogens (tertiary/aromatic N) is 1. The zero-order valence-corrected chi connectivity index (χ0v) is 21.6. The molecule has 3 aromatic rings. The Morgan fingerprint density at radius 1 is 1.20 bits per heavy atom. The third-order valence-electron chi connectivity index (χ3n) is 5.18. The summed E-state index contributed by atoms with van der Waals surface area (Å²) in [5, 5.41) is 11.2. The lowest BCUT2D eigenvalue weighted by Crippen LogP contribution is -2.03. The van der Waals surface area contributed by atoms with Crippen molar-refractivity contribution in [2.75, 3.05) is 13.2 Å². The average molecular weight is 536 g/mol. The molecule has 1 heterocycles. The second-order valence-electron chi connectivity index (χ2n) is 7.85. The lowest BCUT2D eigenvalue weighted by Gasteiger charge is -2.08. The number of carbonyl (C=O) groups is 2. The van der Waals surface area contributed by atoms with E-state index in [1.54, 1.807) is 23.6 Å². The van der Waals surface area contributed by atoms with Crippen molar-refractivity contribution in [2.24, 2.45) is 0 Å². The standard InChI is InChI=1S/C26H24Cl2FNO4S/c1-3-9-34-10-5-7-16-6-4-8-18(23(16)29)22-14-35-25(30-22)24(31)17-12-20(27)19(21(28)13-17)11-15(2)26(32)33/h4,6,8,11-14H,3,5,7,9-10H2,1-2H3,(H,32,33). The van der Waals surface area contributed by atoms with Crippen molar-refractivity contribution < 1.29 is 23.8 Å². The summed E-state index contributed by atoms with van der Waals surface area (Å²) in [6.45, 7) is 4.72. The number of ether oxygens (including phenoxy) is 1. The molecule has 0 aliphatic carbocycles. The number of aryl methyl sites for hydroxylation is 1. The van der Waals surface area contributed by atoms with Crippen molar-refractivity contribution in [1.82, 2.24) is 4.98 Å². The zero-order valence-electron chi connectivity index (χ0n) is 19.2. The van der Waals surface area contributed by atoms with E-state index in [1.165, 1.54) is 25.1 Å². The van der Waals surface area contributed by atoms with Gasteiger partial charge in [0.25, 0.3) is 0 Å². The van der Waals surface area contributed by atoms with Crippen LogP contribution in [-0.2, 0) is 16.0 Å². The Labute approximate surface area is 217 Å². The molecule has 0 radical (unpaired) electrons. The molecule has 0 atom stereocenters. The molecule has 184 valence electrons. The number of hydrogen-bond donors (Lipinski definition) is 1. The van der Waals surface area contributed by atoms with E-state index < -0.39 is 11.8 Å². The molecule has 0 bridgehead atoms. The van der Waals surface area contributed by atoms with E-state index in [-0.39, 0.29) is 32.0 Å². The fraction of sp³-hybridized carbons (Fsp3) is 0.269. The van der Waals surface area contributed by atoms with Gasteiger partial charge in [-0.3, -0.25) is 4.79 Å². The second kappa shape index (κ2) is 12.4. The first-order valence-corrected chi connectivity index (χ1v) is 12.6. The Balaban J connectivity index is 1.81. The van der Waals surface area contributed by atoms with Crippen molar-refractivity contribution in [1.29, 1.82) is 0 Å². The first-order chi connectivity index (χ1) is 16.7. The van der Waals surface area contributed by atoms with Crippen molar-refractivity contribution in [3.63, 3.8) is 0 Å². The van der Waals surface area contributed by atoms with Gasteiger partial charge in [0.15, 0.2) is 5.01 Å². The van der Waals surface area contributed by atoms with Crippen LogP contribution in [0.25, 0.3) is 17.3 Å². The van der Waals surface area contributed by atoms with Crippen molar-refractivity contribution >= 4 is 52.4 Å². The number of thiazole rings is 1. The maximum Gasteiger partial charge on any atom is 0.331 e. The number of aromatic nitrogens is 1. The maximum atomic E-state index is 15.1. The molecular weight excluding hydrogens is 512 g/mol. The van der Waals surface area contributed by atoms with Gasteiger partial charge in [0.05, 0.1) is 15.7 Å². The van der Waals surface area contributed by atoms with Crippen LogP contribution in [0.1, 0.15) is 53.2 Å². The number of carboxylic acid groups (broad SMARTS) is 1. The molecule has 5 nitrogen and oxygen atoms in total. The number of benzene rings is 2. The molecule has 0 aliphatic heterocycles. The molecule has 35 heavy (non-hydrogen) atoms. The summed E-state index contributed by atoms with van der Waals surface area (Å²) in [4.78, 5) is 28.5. The van der Waals surface area contributed by atoms with Crippen LogP contribution in [0.3, 0.4) is 0 Å². The van der Waals surface area contributed by atoms with Crippen LogP contribution in [0, 0.1) is 5.82 Å². The quantitative estimate of drug-likeness (QED) is 0.158. The first-order valence-electron chi connectivity index (χ1n) is 11.0. The highest BCUT2D eigenvalue weighted by Crippen LogP contribution is 2.32. The van der Waals surface area contributed by atoms with Crippen molar-refractivity contribution in [3.05, 3.63) is 78.8 Å². The molecule has 2 aromatic carbocycles. The Morgan fingerprint density at radius 3 is 2.57 bits per heavy atom. The molecule has 0 amide bonds. The van der Waals surface area contributed by atoms with Gasteiger partial charge in [-0.1, -0.05) is 42.3 Å². The van der Waals surface area contributed by atoms with Crippen molar-refractivity contribution in [2.45, 2.75) is 33.1 Å². The van der Waals surface area contributed by atoms with Gasteiger partial charge in [-0.15, -0.1) is 11.3 Å². The molecule has 9 heteroatoms. The summed E-state index contributed by atoms with van der Waals surface area (Å²) in [5.74, 6) is -1.88. The smallest absolute Gasteiger partial charge is 0.331 e. The highest BCUT2D eigenvalue weighted by molar-refractivity contribution is 7.12. The molecule has 0 aliphatic rings. The largest absolute Gasteiger partial charge is 0.478 e. The zero-order chi connectivity index (χ0) is 25.5. The summed E-state index contributed by atoms with van der Waals surface area (Å²) in [5.41, 5.74) is 1.83. The van der Waals surface area contributed by atoms with Crippen LogP contribution in [0.4, 0.5) is 4.39 Å². The monoisotopic (exact) mass is 535 g/mol. The van der Waals surface area contributed by atoms with Crippen molar-refractivity contribution in [3.8, 4) is 11.3 Å². The van der Waals surface area contributed by atoms with Crippen LogP contribution >= 0.6 is 34.5 Å². The van der Waals surface area contributed by atoms with Gasteiger partial charge >= 0.3 is 5.97 Å². The number of hydrogen-bond acceptors (Lipinski definition) is 5. The van der Waals surface area contributed by atoms with E-state index in [0.29, 0.717) is 48.4 Å². The Morgan fingerprint density at radius 2 is 1.91 bits per heavy atom. The van der Waals surface area contributed by atoms with Gasteiger partial charge in [-0.25, -0.2) is 14.2 Å². The Bertz CT molecular complexity index is 1250. The van der Waals surface area contributed by atoms with E-state index in [4.69, 9.17) is 33.0 Å². The van der Waals surface area contributed by atoms with Gasteiger partial charge in [-0.05, 0) is 56.0 Å². The van der Waals surface area contributed by atoms with Crippen LogP contribution < -0.4 is 0 Å². The minimum absolute atomic E-state index is 0.0511. The SMILES string of the molecule is CCCOCCCc1cccc(-c2csc(C(=O)c3cc(Cl)c(C=C(C)C(=O)O)c(Cl)c3)n2)c1F. The third kappa shape index (κ3) is 6.76. The third-order valence-corrected chi connectivity index (χ3v) is 6.64. The van der Waals surface area contributed by atoms with Crippen LogP contribution in [0.15, 0.2) is 41.3 Å². The van der Waals surface area contributed by atoms with Crippen LogP contribution in [0.2, 0.25) is 10.0 Å². The fourth-order valence-electron chi connectivity index (χ4n) is 3.34. The van der Waals surface area contributed by atoms with E-state index >= 15 is 4.39 Å². The lowest BCUT2D eigenvalue weighted by molar-refractivity contribution is -0.132. The molecule has 0 unspecified atom stereocenters. The van der Waals surface area contributed by atoms with E-state index in [0.717, 1.165) is 17.8 Å². The normalized spacial score (nSPS) is 11.6. The highest BCUT2D eigenvalue weighted by atomic mass is 35.5. The summed E-state index contributed by atoms with van der Waals surface area (Å²) in [7, 11) is 0. The predicted molar refractivity (Wildman–Crippen MR) is 138 cm³/mol. The fourth-order valence-corrected chi connectivity index (χ4v) is 4.71. The molecule has 0 saturated heterocycles. The summed E-state index contributed by atoms with van der Waals surface area (Å²) in [6, 6.07) is 7.98. The van der Waals surface area contributed by atoms with E-state index in [2.05, 4.69) is 4.98 Å². The summed E-state index contributed by atoms with van der Waals surface area (Å²) in [6.07, 6.45) is 3.53. The molecule has 1 aromatic heterocycles. The van der Waals surface area contributed by atoms with Crippen LogP contribution in [0.5, 0.6) is 0 Å². The molecule has 0 spiro atoms. The molecule has 0 fully saturated rings. The highest BCUT2D eigenvalue weighted by Gasteiger charge is 2.19. The molecule has 3 rings (SSSR count). The minimum atomic E-state index is -1.10. The number of rotatable bonds is 11. The summed E-state index contributed by atoms with van der Waals surface area (Å²) < 4.78 is 20.6. The Kier molecular flexibility index (Phi) is 9.57. The van der Waals surface area contributed by atoms with Gasteiger partial charge in [0.1, 0.15) is 5.82 Å². The predicted octanol–water partition coefficient (Wildman–Crippen LogP) is 7.33. The van der Waals surface area contributed by atoms with Gasteiger partial charge in [0.2, 0.25) is 5.78 Å². The molecule has 0 saturated carbocycles. The first kappa shape index (κ1) is 27.0. The number of aliphatic carboxylic acids is 1. The van der Waals surface area contributed by atoms with Crippen LogP contribution in [-0.4, -0.2) is 35.1 Å². The van der Waals surface area contributed by atoms with E-state index in [9.17, 15) is 9.59 Å². The summed E-state index contributed by atoms with van der Waals surface area (Å²) >= 11 is 13.6. The number of carbonyl (C=O) groups excluding carboxylic acids is 1. The van der Waals surface area contributed by atoms with Gasteiger partial charge in [-0.2, -0.15) is 0 Å². The average Bonchev–Trinajstić information content (AvgIpc) is 3.31. The van der Waals surface area contributed by atoms with Gasteiger partial charge < -0.3 is 9.84 Å². The molecule has 1 N–H and O–H groups in total. The lowest BCUT2D eigenvalue weighted by atomic mass is 10.0. The Hall–Kier alpha value is -2.58. The number of halogens is 3. The van der Waals surface area contributed by atoms with Gasteiger partial charge in [0, 0.05) is 40.9 Å².